The van der Waals surface area contributed by atoms with Crippen molar-refractivity contribution in [2.75, 3.05) is 0 Å². The second-order valence-electron chi connectivity index (χ2n) is 3.20. The van der Waals surface area contributed by atoms with Crippen LogP contribution < -0.4 is 0 Å². The summed E-state index contributed by atoms with van der Waals surface area (Å²) < 4.78 is 0. The Morgan fingerprint density at radius 2 is 1.58 bits per heavy atom. The molecule has 0 spiro atoms. The van der Waals surface area contributed by atoms with E-state index in [1.807, 2.05) is 33.8 Å². The SMILES string of the molecule is Cc1cc(C)c(N=O)c(C)c1C. The molecule has 0 radical (unpaired) electrons. The van der Waals surface area contributed by atoms with Crippen molar-refractivity contribution >= 4 is 5.69 Å². The van der Waals surface area contributed by atoms with E-state index in [0.29, 0.717) is 5.69 Å². The van der Waals surface area contributed by atoms with Crippen LogP contribution in [0.3, 0.4) is 0 Å². The molecule has 2 heteroatoms. The van der Waals surface area contributed by atoms with Crippen molar-refractivity contribution in [2.45, 2.75) is 27.7 Å². The van der Waals surface area contributed by atoms with Gasteiger partial charge >= 0.3 is 0 Å². The Balaban J connectivity index is 3.51. The third-order valence-corrected chi connectivity index (χ3v) is 2.41. The summed E-state index contributed by atoms with van der Waals surface area (Å²) in [5.74, 6) is 0. The Bertz CT molecular complexity index is 329. The van der Waals surface area contributed by atoms with Crippen LogP contribution in [-0.4, -0.2) is 0 Å². The van der Waals surface area contributed by atoms with Crippen molar-refractivity contribution in [3.05, 3.63) is 33.2 Å². The minimum atomic E-state index is 0.595. The second kappa shape index (κ2) is 3.05. The summed E-state index contributed by atoms with van der Waals surface area (Å²) in [5.41, 5.74) is 4.94. The number of nitrogens with zero attached hydrogens (tertiary/aromatic N) is 1. The van der Waals surface area contributed by atoms with Crippen LogP contribution in [0.15, 0.2) is 11.2 Å². The first kappa shape index (κ1) is 8.91. The van der Waals surface area contributed by atoms with Gasteiger partial charge in [0.25, 0.3) is 0 Å². The van der Waals surface area contributed by atoms with E-state index in [4.69, 9.17) is 0 Å². The van der Waals surface area contributed by atoms with Gasteiger partial charge in [0, 0.05) is 0 Å². The van der Waals surface area contributed by atoms with Gasteiger partial charge in [-0.3, -0.25) is 0 Å². The first-order valence-corrected chi connectivity index (χ1v) is 3.98. The zero-order valence-electron chi connectivity index (χ0n) is 7.93. The molecular weight excluding hydrogens is 150 g/mol. The van der Waals surface area contributed by atoms with Crippen molar-refractivity contribution in [2.24, 2.45) is 5.18 Å². The number of benzene rings is 1. The Labute approximate surface area is 72.6 Å². The summed E-state index contributed by atoms with van der Waals surface area (Å²) >= 11 is 0. The predicted molar refractivity (Wildman–Crippen MR) is 50.8 cm³/mol. The third-order valence-electron chi connectivity index (χ3n) is 2.41. The van der Waals surface area contributed by atoms with Gasteiger partial charge in [-0.25, -0.2) is 0 Å². The topological polar surface area (TPSA) is 29.4 Å². The molecule has 0 amide bonds. The largest absolute Gasteiger partial charge is 0.145 e. The molecule has 0 aliphatic heterocycles. The van der Waals surface area contributed by atoms with Crippen molar-refractivity contribution in [1.82, 2.24) is 0 Å². The highest BCUT2D eigenvalue weighted by Gasteiger charge is 2.07. The minimum absolute atomic E-state index is 0.595. The molecule has 1 aromatic rings. The lowest BCUT2D eigenvalue weighted by Crippen LogP contribution is -1.89. The van der Waals surface area contributed by atoms with E-state index in [-0.39, 0.29) is 0 Å². The van der Waals surface area contributed by atoms with Crippen LogP contribution >= 0.6 is 0 Å². The second-order valence-corrected chi connectivity index (χ2v) is 3.20. The van der Waals surface area contributed by atoms with Crippen LogP contribution in [-0.2, 0) is 0 Å². The van der Waals surface area contributed by atoms with Gasteiger partial charge in [-0.15, -0.1) is 4.91 Å². The third kappa shape index (κ3) is 1.24. The Hall–Kier alpha value is -1.18. The fraction of sp³-hybridized carbons (Fsp3) is 0.400. The van der Waals surface area contributed by atoms with Crippen LogP contribution in [0.1, 0.15) is 22.3 Å². The Morgan fingerprint density at radius 3 is 2.08 bits per heavy atom. The number of hydrogen-bond acceptors (Lipinski definition) is 2. The summed E-state index contributed by atoms with van der Waals surface area (Å²) in [6.07, 6.45) is 0. The van der Waals surface area contributed by atoms with Gasteiger partial charge in [-0.1, -0.05) is 6.07 Å². The van der Waals surface area contributed by atoms with Crippen LogP contribution in [0.2, 0.25) is 0 Å². The van der Waals surface area contributed by atoms with E-state index < -0.39 is 0 Å². The van der Waals surface area contributed by atoms with Crippen molar-refractivity contribution < 1.29 is 0 Å². The number of hydrogen-bond donors (Lipinski definition) is 0. The summed E-state index contributed by atoms with van der Waals surface area (Å²) in [6, 6.07) is 2.00. The van der Waals surface area contributed by atoms with Crippen LogP contribution in [0.4, 0.5) is 5.69 Å². The molecule has 0 unspecified atom stereocenters. The average molecular weight is 163 g/mol. The molecule has 0 heterocycles. The molecule has 0 N–H and O–H groups in total. The molecule has 0 aromatic heterocycles. The maximum Gasteiger partial charge on any atom is 0.114 e. The summed E-state index contributed by atoms with van der Waals surface area (Å²) in [7, 11) is 0. The smallest absolute Gasteiger partial charge is 0.114 e. The fourth-order valence-electron chi connectivity index (χ4n) is 1.41. The number of aryl methyl sites for hydroxylation is 2. The highest BCUT2D eigenvalue weighted by atomic mass is 16.3. The Kier molecular flexibility index (Phi) is 2.27. The monoisotopic (exact) mass is 163 g/mol. The van der Waals surface area contributed by atoms with Gasteiger partial charge in [-0.05, 0) is 55.1 Å². The molecule has 1 aromatic carbocycles. The van der Waals surface area contributed by atoms with Gasteiger partial charge in [0.2, 0.25) is 0 Å². The predicted octanol–water partition coefficient (Wildman–Crippen LogP) is 3.32. The molecule has 0 aliphatic carbocycles. The van der Waals surface area contributed by atoms with E-state index in [2.05, 4.69) is 5.18 Å². The highest BCUT2D eigenvalue weighted by molar-refractivity contribution is 5.57. The van der Waals surface area contributed by atoms with Gasteiger partial charge in [0.1, 0.15) is 5.69 Å². The molecule has 0 bridgehead atoms. The molecule has 2 nitrogen and oxygen atoms in total. The molecule has 0 aliphatic rings. The molecule has 12 heavy (non-hydrogen) atoms. The van der Waals surface area contributed by atoms with Crippen molar-refractivity contribution in [1.29, 1.82) is 0 Å². The van der Waals surface area contributed by atoms with Crippen molar-refractivity contribution in [3.8, 4) is 0 Å². The molecule has 64 valence electrons. The molecule has 0 fully saturated rings. The van der Waals surface area contributed by atoms with Gasteiger partial charge in [0.05, 0.1) is 0 Å². The van der Waals surface area contributed by atoms with Gasteiger partial charge < -0.3 is 0 Å². The first-order valence-electron chi connectivity index (χ1n) is 3.98. The van der Waals surface area contributed by atoms with Crippen LogP contribution in [0.25, 0.3) is 0 Å². The fourth-order valence-corrected chi connectivity index (χ4v) is 1.41. The van der Waals surface area contributed by atoms with E-state index in [9.17, 15) is 4.91 Å². The highest BCUT2D eigenvalue weighted by Crippen LogP contribution is 2.28. The average Bonchev–Trinajstić information content (AvgIpc) is 2.01. The zero-order valence-corrected chi connectivity index (χ0v) is 7.93. The minimum Gasteiger partial charge on any atom is -0.145 e. The lowest BCUT2D eigenvalue weighted by Gasteiger charge is -2.08. The van der Waals surface area contributed by atoms with Gasteiger partial charge in [-0.2, -0.15) is 0 Å². The summed E-state index contributed by atoms with van der Waals surface area (Å²) in [4.78, 5) is 10.5. The lowest BCUT2D eigenvalue weighted by atomic mass is 9.99. The summed E-state index contributed by atoms with van der Waals surface area (Å²) in [6.45, 7) is 7.91. The quantitative estimate of drug-likeness (QED) is 0.584. The van der Waals surface area contributed by atoms with E-state index in [0.717, 1.165) is 16.7 Å². The summed E-state index contributed by atoms with van der Waals surface area (Å²) in [5, 5.41) is 3.02. The van der Waals surface area contributed by atoms with E-state index in [1.54, 1.807) is 0 Å². The number of nitroso groups, excluding NO2 is 1. The lowest BCUT2D eigenvalue weighted by molar-refractivity contribution is 1.21. The first-order chi connectivity index (χ1) is 5.57. The normalized spacial score (nSPS) is 10.0. The molecule has 0 atom stereocenters. The maximum absolute atomic E-state index is 10.5. The van der Waals surface area contributed by atoms with E-state index in [1.165, 1.54) is 5.56 Å². The zero-order chi connectivity index (χ0) is 9.30. The molecule has 0 saturated carbocycles. The van der Waals surface area contributed by atoms with Crippen molar-refractivity contribution in [3.63, 3.8) is 0 Å². The van der Waals surface area contributed by atoms with E-state index >= 15 is 0 Å². The standard InChI is InChI=1S/C10H13NO/c1-6-5-7(2)10(11-12)9(4)8(6)3/h5H,1-4H3. The van der Waals surface area contributed by atoms with Gasteiger partial charge in [0.15, 0.2) is 0 Å². The number of rotatable bonds is 1. The Morgan fingerprint density at radius 1 is 1.00 bits per heavy atom. The maximum atomic E-state index is 10.5. The van der Waals surface area contributed by atoms with Crippen LogP contribution in [0.5, 0.6) is 0 Å². The molecular formula is C10H13NO. The molecule has 0 saturated heterocycles. The molecule has 1 rings (SSSR count). The van der Waals surface area contributed by atoms with Crippen LogP contribution in [0, 0.1) is 32.6 Å².